The van der Waals surface area contributed by atoms with Gasteiger partial charge in [0.25, 0.3) is 0 Å². The number of amides is 1. The summed E-state index contributed by atoms with van der Waals surface area (Å²) in [4.78, 5) is 18.3. The second-order valence-electron chi connectivity index (χ2n) is 9.05. The number of ether oxygens (including phenoxy) is 2. The summed E-state index contributed by atoms with van der Waals surface area (Å²) in [6.07, 6.45) is 7.07. The van der Waals surface area contributed by atoms with Crippen molar-refractivity contribution in [1.82, 2.24) is 14.3 Å². The molecule has 0 radical (unpaired) electrons. The minimum atomic E-state index is -0.476. The number of aromatic nitrogens is 2. The number of fused-ring (bicyclic) bond motifs is 1. The molecule has 2 aromatic heterocycles. The molecular formula is C24H29N3O4. The number of carbonyl (C=O) groups excluding carboxylic acids is 1. The van der Waals surface area contributed by atoms with Crippen LogP contribution in [0.3, 0.4) is 0 Å². The van der Waals surface area contributed by atoms with E-state index in [-0.39, 0.29) is 11.8 Å². The Bertz CT molecular complexity index is 1040. The zero-order valence-corrected chi connectivity index (χ0v) is 18.2. The Kier molecular flexibility index (Phi) is 5.76. The van der Waals surface area contributed by atoms with Crippen molar-refractivity contribution in [2.45, 2.75) is 39.2 Å². The Balaban J connectivity index is 1.41. The molecule has 4 rings (SSSR count). The molecule has 3 heterocycles. The van der Waals surface area contributed by atoms with E-state index in [0.717, 1.165) is 35.2 Å². The molecule has 0 spiro atoms. The molecule has 1 amide bonds. The maximum Gasteiger partial charge on any atom is 0.410 e. The van der Waals surface area contributed by atoms with Crippen LogP contribution in [0.2, 0.25) is 0 Å². The number of likely N-dealkylation sites (tertiary alicyclic amines) is 1. The molecule has 0 saturated carbocycles. The number of imidazole rings is 1. The van der Waals surface area contributed by atoms with Crippen molar-refractivity contribution in [3.63, 3.8) is 0 Å². The van der Waals surface area contributed by atoms with Gasteiger partial charge in [0, 0.05) is 24.8 Å². The highest BCUT2D eigenvalue weighted by molar-refractivity contribution is 5.71. The lowest BCUT2D eigenvalue weighted by atomic mass is 9.98. The Morgan fingerprint density at radius 1 is 1.16 bits per heavy atom. The van der Waals surface area contributed by atoms with Crippen molar-refractivity contribution in [3.05, 3.63) is 49.1 Å². The number of nitrogens with zero attached hydrogens (tertiary/aromatic N) is 3. The maximum atomic E-state index is 12.3. The number of hydrogen-bond donors (Lipinski definition) is 1. The summed E-state index contributed by atoms with van der Waals surface area (Å²) < 4.78 is 13.7. The first kappa shape index (κ1) is 21.0. The van der Waals surface area contributed by atoms with E-state index in [0.29, 0.717) is 25.6 Å². The van der Waals surface area contributed by atoms with E-state index >= 15 is 0 Å². The van der Waals surface area contributed by atoms with Crippen LogP contribution in [-0.2, 0) is 4.74 Å². The Morgan fingerprint density at radius 3 is 2.55 bits per heavy atom. The lowest BCUT2D eigenvalue weighted by molar-refractivity contribution is 0.0165. The third kappa shape index (κ3) is 5.10. The van der Waals surface area contributed by atoms with Gasteiger partial charge in [0.2, 0.25) is 0 Å². The molecule has 1 fully saturated rings. The van der Waals surface area contributed by atoms with Crippen LogP contribution in [0.15, 0.2) is 49.1 Å². The molecule has 7 nitrogen and oxygen atoms in total. The third-order valence-corrected chi connectivity index (χ3v) is 5.42. The van der Waals surface area contributed by atoms with Crippen molar-refractivity contribution in [2.75, 3.05) is 19.7 Å². The van der Waals surface area contributed by atoms with Gasteiger partial charge in [-0.1, -0.05) is 12.1 Å². The Morgan fingerprint density at radius 2 is 1.87 bits per heavy atom. The van der Waals surface area contributed by atoms with E-state index in [1.807, 2.05) is 49.6 Å². The first-order valence-corrected chi connectivity index (χ1v) is 10.6. The molecule has 7 heteroatoms. The summed E-state index contributed by atoms with van der Waals surface area (Å²) in [5.74, 6) is 1.39. The highest BCUT2D eigenvalue weighted by Gasteiger charge is 2.27. The molecule has 1 aromatic carbocycles. The maximum absolute atomic E-state index is 12.3. The fourth-order valence-electron chi connectivity index (χ4n) is 3.74. The largest absolute Gasteiger partial charge is 0.508 e. The van der Waals surface area contributed by atoms with Crippen LogP contribution in [0, 0.1) is 5.92 Å². The quantitative estimate of drug-likeness (QED) is 0.656. The van der Waals surface area contributed by atoms with Crippen LogP contribution in [0.1, 0.15) is 33.6 Å². The average molecular weight is 424 g/mol. The molecule has 0 unspecified atom stereocenters. The van der Waals surface area contributed by atoms with E-state index in [2.05, 4.69) is 4.98 Å². The van der Waals surface area contributed by atoms with Crippen LogP contribution in [-0.4, -0.2) is 50.8 Å². The number of rotatable bonds is 4. The van der Waals surface area contributed by atoms with Crippen LogP contribution in [0.25, 0.3) is 16.6 Å². The average Bonchev–Trinajstić information content (AvgIpc) is 3.20. The van der Waals surface area contributed by atoms with E-state index < -0.39 is 5.60 Å². The van der Waals surface area contributed by atoms with Crippen molar-refractivity contribution in [2.24, 2.45) is 5.92 Å². The highest BCUT2D eigenvalue weighted by atomic mass is 16.6. The number of carbonyl (C=O) groups is 1. The second-order valence-corrected chi connectivity index (χ2v) is 9.05. The molecule has 1 saturated heterocycles. The van der Waals surface area contributed by atoms with Gasteiger partial charge in [0.1, 0.15) is 22.6 Å². The molecule has 1 N–H and O–H groups in total. The van der Waals surface area contributed by atoms with Gasteiger partial charge in [-0.3, -0.25) is 0 Å². The Hall–Kier alpha value is -3.22. The van der Waals surface area contributed by atoms with E-state index in [1.165, 1.54) is 0 Å². The minimum Gasteiger partial charge on any atom is -0.508 e. The number of hydrogen-bond acceptors (Lipinski definition) is 5. The summed E-state index contributed by atoms with van der Waals surface area (Å²) in [7, 11) is 0. The molecule has 0 bridgehead atoms. The lowest BCUT2D eigenvalue weighted by Gasteiger charge is -2.33. The number of pyridine rings is 1. The van der Waals surface area contributed by atoms with E-state index in [9.17, 15) is 9.90 Å². The zero-order chi connectivity index (χ0) is 22.0. The van der Waals surface area contributed by atoms with Crippen molar-refractivity contribution in [1.29, 1.82) is 0 Å². The van der Waals surface area contributed by atoms with Gasteiger partial charge in [0.15, 0.2) is 0 Å². The highest BCUT2D eigenvalue weighted by Crippen LogP contribution is 2.30. The summed E-state index contributed by atoms with van der Waals surface area (Å²) in [6, 6.07) is 9.12. The summed E-state index contributed by atoms with van der Waals surface area (Å²) in [5, 5.41) is 9.56. The van der Waals surface area contributed by atoms with Crippen LogP contribution >= 0.6 is 0 Å². The third-order valence-electron chi connectivity index (χ3n) is 5.42. The van der Waals surface area contributed by atoms with Crippen molar-refractivity contribution in [3.8, 4) is 22.6 Å². The fourth-order valence-corrected chi connectivity index (χ4v) is 3.74. The van der Waals surface area contributed by atoms with Gasteiger partial charge in [-0.15, -0.1) is 0 Å². The van der Waals surface area contributed by atoms with E-state index in [1.54, 1.807) is 29.6 Å². The van der Waals surface area contributed by atoms with Gasteiger partial charge in [-0.05, 0) is 63.3 Å². The summed E-state index contributed by atoms with van der Waals surface area (Å²) in [5.41, 5.74) is 2.41. The summed E-state index contributed by atoms with van der Waals surface area (Å²) >= 11 is 0. The van der Waals surface area contributed by atoms with E-state index in [4.69, 9.17) is 9.47 Å². The molecule has 0 aliphatic carbocycles. The van der Waals surface area contributed by atoms with Gasteiger partial charge < -0.3 is 23.9 Å². The zero-order valence-electron chi connectivity index (χ0n) is 18.2. The smallest absolute Gasteiger partial charge is 0.410 e. The number of phenols is 1. The molecule has 3 aromatic rings. The van der Waals surface area contributed by atoms with Gasteiger partial charge in [-0.25, -0.2) is 9.78 Å². The predicted molar refractivity (Wildman–Crippen MR) is 118 cm³/mol. The van der Waals surface area contributed by atoms with Gasteiger partial charge in [0.05, 0.1) is 19.1 Å². The topological polar surface area (TPSA) is 76.3 Å². The van der Waals surface area contributed by atoms with Gasteiger partial charge in [-0.2, -0.15) is 0 Å². The van der Waals surface area contributed by atoms with Crippen LogP contribution < -0.4 is 4.74 Å². The first-order chi connectivity index (χ1) is 14.8. The molecular weight excluding hydrogens is 394 g/mol. The normalized spacial score (nSPS) is 15.3. The predicted octanol–water partition coefficient (Wildman–Crippen LogP) is 4.73. The van der Waals surface area contributed by atoms with Crippen molar-refractivity contribution >= 4 is 11.6 Å². The summed E-state index contributed by atoms with van der Waals surface area (Å²) in [6.45, 7) is 7.60. The number of phenolic OH excluding ortho intramolecular Hbond substituents is 1. The number of benzene rings is 1. The molecule has 0 atom stereocenters. The van der Waals surface area contributed by atoms with Crippen LogP contribution in [0.5, 0.6) is 11.5 Å². The monoisotopic (exact) mass is 423 g/mol. The number of piperidine rings is 1. The molecule has 1 aliphatic heterocycles. The standard InChI is InChI=1S/C24H29N3O4/c1-24(2,3)31-23(29)26-10-8-17(9-11-26)15-30-22-12-19(14-27-16-25-13-21(22)27)18-4-6-20(28)7-5-18/h4-7,12-14,16-17,28H,8-11,15H2,1-3H3. The second kappa shape index (κ2) is 8.49. The molecule has 31 heavy (non-hydrogen) atoms. The van der Waals surface area contributed by atoms with Gasteiger partial charge >= 0.3 is 6.09 Å². The number of aromatic hydroxyl groups is 1. The molecule has 164 valence electrons. The SMILES string of the molecule is CC(C)(C)OC(=O)N1CCC(COc2cc(-c3ccc(O)cc3)cn3cncc23)CC1. The minimum absolute atomic E-state index is 0.238. The fraction of sp³-hybridized carbons (Fsp3) is 0.417. The first-order valence-electron chi connectivity index (χ1n) is 10.6. The van der Waals surface area contributed by atoms with Crippen molar-refractivity contribution < 1.29 is 19.4 Å². The molecule has 1 aliphatic rings. The van der Waals surface area contributed by atoms with Crippen LogP contribution in [0.4, 0.5) is 4.79 Å². The Labute approximate surface area is 182 Å². The lowest BCUT2D eigenvalue weighted by Crippen LogP contribution is -2.42.